The van der Waals surface area contributed by atoms with Crippen molar-refractivity contribution < 1.29 is 4.92 Å². The van der Waals surface area contributed by atoms with Gasteiger partial charge in [0.25, 0.3) is 0 Å². The number of rotatable bonds is 4. The second kappa shape index (κ2) is 4.56. The molecule has 8 heteroatoms. The number of hydrogen-bond acceptors (Lipinski definition) is 6. The normalized spacial score (nSPS) is 10.2. The Kier molecular flexibility index (Phi) is 2.95. The van der Waals surface area contributed by atoms with Crippen LogP contribution in [0.2, 0.25) is 0 Å². The van der Waals surface area contributed by atoms with Gasteiger partial charge >= 0.3 is 5.69 Å². The summed E-state index contributed by atoms with van der Waals surface area (Å²) in [7, 11) is 1.83. The predicted molar refractivity (Wildman–Crippen MR) is 59.2 cm³/mol. The van der Waals surface area contributed by atoms with Crippen molar-refractivity contribution in [1.29, 1.82) is 0 Å². The first-order valence-electron chi connectivity index (χ1n) is 4.83. The van der Waals surface area contributed by atoms with Crippen LogP contribution >= 0.6 is 0 Å². The molecule has 2 aromatic rings. The number of aromatic nitrogens is 4. The molecule has 0 aliphatic carbocycles. The predicted octanol–water partition coefficient (Wildman–Crippen LogP) is 0.730. The third-order valence-electron chi connectivity index (χ3n) is 2.06. The van der Waals surface area contributed by atoms with Crippen molar-refractivity contribution in [1.82, 2.24) is 19.7 Å². The van der Waals surface area contributed by atoms with Gasteiger partial charge in [-0.3, -0.25) is 14.8 Å². The second-order valence-electron chi connectivity index (χ2n) is 3.40. The molecule has 88 valence electrons. The van der Waals surface area contributed by atoms with Crippen LogP contribution in [0.1, 0.15) is 5.56 Å². The Hall–Kier alpha value is -2.51. The molecule has 0 bridgehead atoms. The molecule has 0 aliphatic heterocycles. The van der Waals surface area contributed by atoms with E-state index in [1.165, 1.54) is 12.4 Å². The molecule has 2 aromatic heterocycles. The van der Waals surface area contributed by atoms with Crippen LogP contribution in [0.25, 0.3) is 0 Å². The molecule has 0 atom stereocenters. The summed E-state index contributed by atoms with van der Waals surface area (Å²) in [6.45, 7) is 0.519. The minimum absolute atomic E-state index is 0.128. The fraction of sp³-hybridized carbons (Fsp3) is 0.222. The maximum Gasteiger partial charge on any atom is 0.305 e. The summed E-state index contributed by atoms with van der Waals surface area (Å²) in [5.74, 6) is 0.347. The highest BCUT2D eigenvalue weighted by molar-refractivity contribution is 5.31. The van der Waals surface area contributed by atoms with Gasteiger partial charge in [0.15, 0.2) is 0 Å². The monoisotopic (exact) mass is 234 g/mol. The van der Waals surface area contributed by atoms with Gasteiger partial charge in [-0.25, -0.2) is 9.97 Å². The molecular formula is C9H10N6O2. The van der Waals surface area contributed by atoms with Crippen molar-refractivity contribution in [2.75, 3.05) is 5.32 Å². The molecule has 2 heterocycles. The van der Waals surface area contributed by atoms with E-state index in [2.05, 4.69) is 20.4 Å². The molecule has 1 N–H and O–H groups in total. The van der Waals surface area contributed by atoms with Crippen molar-refractivity contribution >= 4 is 11.6 Å². The first kappa shape index (κ1) is 11.0. The van der Waals surface area contributed by atoms with Gasteiger partial charge in [-0.2, -0.15) is 5.10 Å². The fourth-order valence-corrected chi connectivity index (χ4v) is 1.25. The van der Waals surface area contributed by atoms with Gasteiger partial charge in [0.05, 0.1) is 11.1 Å². The number of hydrogen-bond donors (Lipinski definition) is 1. The minimum atomic E-state index is -0.537. The molecule has 0 spiro atoms. The highest BCUT2D eigenvalue weighted by Crippen LogP contribution is 2.08. The Balaban J connectivity index is 1.97. The van der Waals surface area contributed by atoms with Gasteiger partial charge < -0.3 is 5.32 Å². The van der Waals surface area contributed by atoms with Crippen LogP contribution in [0.3, 0.4) is 0 Å². The van der Waals surface area contributed by atoms with Crippen LogP contribution in [0.5, 0.6) is 0 Å². The molecule has 0 radical (unpaired) electrons. The molecule has 0 saturated heterocycles. The van der Waals surface area contributed by atoms with E-state index in [1.54, 1.807) is 10.9 Å². The Morgan fingerprint density at radius 2 is 2.12 bits per heavy atom. The summed E-state index contributed by atoms with van der Waals surface area (Å²) in [5.41, 5.74) is 0.853. The highest BCUT2D eigenvalue weighted by atomic mass is 16.6. The van der Waals surface area contributed by atoms with Crippen LogP contribution in [-0.2, 0) is 13.6 Å². The van der Waals surface area contributed by atoms with Crippen molar-refractivity contribution in [3.8, 4) is 0 Å². The second-order valence-corrected chi connectivity index (χ2v) is 3.40. The summed E-state index contributed by atoms with van der Waals surface area (Å²) < 4.78 is 1.69. The number of nitro groups is 1. The molecule has 0 amide bonds. The van der Waals surface area contributed by atoms with Gasteiger partial charge in [-0.15, -0.1) is 0 Å². The number of aryl methyl sites for hydroxylation is 1. The lowest BCUT2D eigenvalue weighted by Gasteiger charge is -2.01. The summed E-state index contributed by atoms with van der Waals surface area (Å²) in [6.07, 6.45) is 5.91. The van der Waals surface area contributed by atoms with Crippen LogP contribution in [0.4, 0.5) is 11.6 Å². The molecule has 17 heavy (non-hydrogen) atoms. The Morgan fingerprint density at radius 1 is 1.41 bits per heavy atom. The number of nitrogens with one attached hydrogen (secondary N) is 1. The van der Waals surface area contributed by atoms with E-state index in [1.807, 2.05) is 13.2 Å². The Bertz CT molecular complexity index is 521. The molecule has 0 aliphatic rings. The maximum absolute atomic E-state index is 10.4. The minimum Gasteiger partial charge on any atom is -0.350 e. The summed E-state index contributed by atoms with van der Waals surface area (Å²) >= 11 is 0. The Morgan fingerprint density at radius 3 is 2.65 bits per heavy atom. The van der Waals surface area contributed by atoms with Crippen LogP contribution < -0.4 is 5.32 Å². The van der Waals surface area contributed by atoms with Crippen molar-refractivity contribution in [3.05, 3.63) is 40.5 Å². The SMILES string of the molecule is Cn1cc(CNc2ncc([N+](=O)[O-])cn2)cn1. The molecule has 0 unspecified atom stereocenters. The summed E-state index contributed by atoms with van der Waals surface area (Å²) in [5, 5.41) is 17.3. The van der Waals surface area contributed by atoms with E-state index in [4.69, 9.17) is 0 Å². The first-order valence-corrected chi connectivity index (χ1v) is 4.83. The lowest BCUT2D eigenvalue weighted by molar-refractivity contribution is -0.385. The number of anilines is 1. The van der Waals surface area contributed by atoms with Crippen molar-refractivity contribution in [3.63, 3.8) is 0 Å². The van der Waals surface area contributed by atoms with Gasteiger partial charge in [-0.1, -0.05) is 0 Å². The van der Waals surface area contributed by atoms with Crippen LogP contribution in [0.15, 0.2) is 24.8 Å². The smallest absolute Gasteiger partial charge is 0.305 e. The maximum atomic E-state index is 10.4. The molecule has 2 rings (SSSR count). The average molecular weight is 234 g/mol. The van der Waals surface area contributed by atoms with Crippen molar-refractivity contribution in [2.45, 2.75) is 6.54 Å². The third-order valence-corrected chi connectivity index (χ3v) is 2.06. The Labute approximate surface area is 96.5 Å². The molecule has 0 aromatic carbocycles. The zero-order valence-corrected chi connectivity index (χ0v) is 9.07. The van der Waals surface area contributed by atoms with E-state index in [0.29, 0.717) is 12.5 Å². The lowest BCUT2D eigenvalue weighted by Crippen LogP contribution is -2.03. The molecule has 0 fully saturated rings. The molecule has 0 saturated carbocycles. The van der Waals surface area contributed by atoms with E-state index in [-0.39, 0.29) is 5.69 Å². The van der Waals surface area contributed by atoms with Crippen LogP contribution in [-0.4, -0.2) is 24.7 Å². The van der Waals surface area contributed by atoms with E-state index in [9.17, 15) is 10.1 Å². The van der Waals surface area contributed by atoms with Gasteiger partial charge in [-0.05, 0) is 0 Å². The zero-order chi connectivity index (χ0) is 12.3. The van der Waals surface area contributed by atoms with Gasteiger partial charge in [0.2, 0.25) is 5.95 Å². The largest absolute Gasteiger partial charge is 0.350 e. The van der Waals surface area contributed by atoms with E-state index >= 15 is 0 Å². The van der Waals surface area contributed by atoms with E-state index in [0.717, 1.165) is 5.56 Å². The molecular weight excluding hydrogens is 224 g/mol. The summed E-state index contributed by atoms with van der Waals surface area (Å²) in [4.78, 5) is 17.5. The third kappa shape index (κ3) is 2.74. The van der Waals surface area contributed by atoms with Gasteiger partial charge in [0.1, 0.15) is 12.4 Å². The number of nitrogens with zero attached hydrogens (tertiary/aromatic N) is 5. The first-order chi connectivity index (χ1) is 8.15. The van der Waals surface area contributed by atoms with Crippen molar-refractivity contribution in [2.24, 2.45) is 7.05 Å². The van der Waals surface area contributed by atoms with Crippen LogP contribution in [0, 0.1) is 10.1 Å². The molecule has 8 nitrogen and oxygen atoms in total. The van der Waals surface area contributed by atoms with Gasteiger partial charge in [0, 0.05) is 25.4 Å². The highest BCUT2D eigenvalue weighted by Gasteiger charge is 2.06. The topological polar surface area (TPSA) is 98.8 Å². The lowest BCUT2D eigenvalue weighted by atomic mass is 10.4. The quantitative estimate of drug-likeness (QED) is 0.618. The average Bonchev–Trinajstić information content (AvgIpc) is 2.73. The fourth-order valence-electron chi connectivity index (χ4n) is 1.25. The van der Waals surface area contributed by atoms with E-state index < -0.39 is 4.92 Å². The summed E-state index contributed by atoms with van der Waals surface area (Å²) in [6, 6.07) is 0. The standard InChI is InChI=1S/C9H10N6O2/c1-14-6-7(3-13-14)2-10-9-11-4-8(5-12-9)15(16)17/h3-6H,2H2,1H3,(H,10,11,12). The zero-order valence-electron chi connectivity index (χ0n) is 9.07.